The summed E-state index contributed by atoms with van der Waals surface area (Å²) < 4.78 is 75.9. The highest BCUT2D eigenvalue weighted by Crippen LogP contribution is 2.39. The van der Waals surface area contributed by atoms with Gasteiger partial charge in [0.05, 0.1) is 5.56 Å². The number of carbonyl (C=O) groups is 3. The van der Waals surface area contributed by atoms with Crippen LogP contribution in [0.2, 0.25) is 0 Å². The number of urea groups is 1. The summed E-state index contributed by atoms with van der Waals surface area (Å²) in [6.45, 7) is -1.72. The highest BCUT2D eigenvalue weighted by atomic mass is 19.4. The number of imide groups is 1. The van der Waals surface area contributed by atoms with E-state index in [0.717, 1.165) is 25.1 Å². The first-order valence-corrected chi connectivity index (χ1v) is 7.40. The number of alkyl halides is 6. The number of carbonyl (C=O) groups excluding carboxylic acids is 3. The number of rotatable bonds is 4. The minimum Gasteiger partial charge on any atom is -0.345 e. The first-order valence-electron chi connectivity index (χ1n) is 7.40. The summed E-state index contributed by atoms with van der Waals surface area (Å²) in [5, 5.41) is 3.55. The summed E-state index contributed by atoms with van der Waals surface area (Å²) in [6, 6.07) is 2.85. The lowest BCUT2D eigenvalue weighted by molar-refractivity contribution is -0.142. The molecule has 1 fully saturated rings. The summed E-state index contributed by atoms with van der Waals surface area (Å²) in [5.41, 5.74) is -3.84. The van der Waals surface area contributed by atoms with E-state index in [4.69, 9.17) is 0 Å². The number of benzene rings is 1. The van der Waals surface area contributed by atoms with E-state index in [0.29, 0.717) is 0 Å². The van der Waals surface area contributed by atoms with E-state index in [1.165, 1.54) is 11.4 Å². The van der Waals surface area contributed by atoms with Gasteiger partial charge in [0.15, 0.2) is 0 Å². The molecule has 1 saturated heterocycles. The van der Waals surface area contributed by atoms with Gasteiger partial charge in [-0.15, -0.1) is 0 Å². The van der Waals surface area contributed by atoms with E-state index < -0.39 is 60.0 Å². The topological polar surface area (TPSA) is 78.5 Å². The molecule has 0 saturated carbocycles. The van der Waals surface area contributed by atoms with Crippen molar-refractivity contribution >= 4 is 17.8 Å². The lowest BCUT2D eigenvalue weighted by Crippen LogP contribution is -2.45. The fraction of sp³-hybridized carbons (Fsp3) is 0.400. The van der Waals surface area contributed by atoms with Gasteiger partial charge in [0.25, 0.3) is 5.91 Å². The maximum atomic E-state index is 13.2. The molecule has 0 aliphatic carbocycles. The molecule has 2 rings (SSSR count). The number of hydrogen-bond donors (Lipinski definition) is 2. The average molecular weight is 397 g/mol. The van der Waals surface area contributed by atoms with Gasteiger partial charge >= 0.3 is 18.4 Å². The fourth-order valence-corrected chi connectivity index (χ4v) is 2.59. The van der Waals surface area contributed by atoms with Crippen molar-refractivity contribution in [2.45, 2.75) is 24.8 Å². The lowest BCUT2D eigenvalue weighted by Gasteiger charge is -2.25. The molecule has 1 atom stereocenters. The summed E-state index contributed by atoms with van der Waals surface area (Å²) in [7, 11) is 0. The van der Waals surface area contributed by atoms with Crippen LogP contribution in [0.25, 0.3) is 0 Å². The van der Waals surface area contributed by atoms with Crippen LogP contribution in [-0.2, 0) is 21.3 Å². The summed E-state index contributed by atoms with van der Waals surface area (Å²) in [5.74, 6) is -2.48. The Labute approximate surface area is 148 Å². The molecule has 4 amide bonds. The standard InChI is InChI=1S/C15H13F6N3O3/c1-13(8-4-2-3-5-9(8)15(19,20)21)11(26)24(12(27)23-13)6-10(25)22-7-14(16,17)18/h2-5H,6-7H2,1H3,(H,22,25)(H,23,27)/t13-/m0/s1. The Morgan fingerprint density at radius 1 is 1.15 bits per heavy atom. The van der Waals surface area contributed by atoms with Crippen molar-refractivity contribution in [2.75, 3.05) is 13.1 Å². The number of nitrogens with zero attached hydrogens (tertiary/aromatic N) is 1. The van der Waals surface area contributed by atoms with Crippen LogP contribution in [0.3, 0.4) is 0 Å². The van der Waals surface area contributed by atoms with E-state index in [1.54, 1.807) is 0 Å². The molecule has 27 heavy (non-hydrogen) atoms. The molecule has 1 aliphatic heterocycles. The molecule has 1 heterocycles. The van der Waals surface area contributed by atoms with Crippen molar-refractivity contribution in [3.8, 4) is 0 Å². The van der Waals surface area contributed by atoms with Crippen LogP contribution in [0, 0.1) is 0 Å². The molecule has 1 aromatic rings. The van der Waals surface area contributed by atoms with Crippen LogP contribution in [0.5, 0.6) is 0 Å². The molecule has 2 N–H and O–H groups in total. The Morgan fingerprint density at radius 2 is 1.74 bits per heavy atom. The van der Waals surface area contributed by atoms with Gasteiger partial charge in [-0.2, -0.15) is 26.3 Å². The third kappa shape index (κ3) is 4.31. The van der Waals surface area contributed by atoms with Crippen LogP contribution in [0.15, 0.2) is 24.3 Å². The Morgan fingerprint density at radius 3 is 2.30 bits per heavy atom. The monoisotopic (exact) mass is 397 g/mol. The predicted molar refractivity (Wildman–Crippen MR) is 78.1 cm³/mol. The van der Waals surface area contributed by atoms with Gasteiger partial charge in [0, 0.05) is 0 Å². The zero-order valence-electron chi connectivity index (χ0n) is 13.7. The number of hydrogen-bond acceptors (Lipinski definition) is 3. The van der Waals surface area contributed by atoms with Gasteiger partial charge in [-0.1, -0.05) is 18.2 Å². The molecule has 6 nitrogen and oxygen atoms in total. The lowest BCUT2D eigenvalue weighted by atomic mass is 9.87. The van der Waals surface area contributed by atoms with Crippen molar-refractivity contribution in [1.29, 1.82) is 0 Å². The van der Waals surface area contributed by atoms with Crippen molar-refractivity contribution in [2.24, 2.45) is 0 Å². The van der Waals surface area contributed by atoms with Crippen LogP contribution in [0.1, 0.15) is 18.1 Å². The normalized spacial score (nSPS) is 20.6. The third-order valence-corrected chi connectivity index (χ3v) is 3.83. The highest BCUT2D eigenvalue weighted by molar-refractivity contribution is 6.09. The Hall–Kier alpha value is -2.79. The van der Waals surface area contributed by atoms with E-state index >= 15 is 0 Å². The van der Waals surface area contributed by atoms with Gasteiger partial charge in [-0.05, 0) is 18.6 Å². The zero-order valence-corrected chi connectivity index (χ0v) is 13.7. The quantitative estimate of drug-likeness (QED) is 0.604. The summed E-state index contributed by atoms with van der Waals surface area (Å²) >= 11 is 0. The van der Waals surface area contributed by atoms with Gasteiger partial charge < -0.3 is 10.6 Å². The van der Waals surface area contributed by atoms with Crippen molar-refractivity contribution in [1.82, 2.24) is 15.5 Å². The highest BCUT2D eigenvalue weighted by Gasteiger charge is 2.52. The second-order valence-corrected chi connectivity index (χ2v) is 5.88. The first-order chi connectivity index (χ1) is 12.3. The van der Waals surface area contributed by atoms with Crippen molar-refractivity contribution < 1.29 is 40.7 Å². The second-order valence-electron chi connectivity index (χ2n) is 5.88. The molecule has 1 aliphatic rings. The van der Waals surface area contributed by atoms with E-state index in [1.807, 2.05) is 0 Å². The minimum absolute atomic E-state index is 0.263. The van der Waals surface area contributed by atoms with Crippen molar-refractivity contribution in [3.05, 3.63) is 35.4 Å². The number of halogens is 6. The first kappa shape index (κ1) is 20.5. The third-order valence-electron chi connectivity index (χ3n) is 3.83. The van der Waals surface area contributed by atoms with Crippen LogP contribution in [0.4, 0.5) is 31.1 Å². The fourth-order valence-electron chi connectivity index (χ4n) is 2.59. The largest absolute Gasteiger partial charge is 0.416 e. The van der Waals surface area contributed by atoms with Gasteiger partial charge in [-0.3, -0.25) is 14.5 Å². The molecular weight excluding hydrogens is 384 g/mol. The van der Waals surface area contributed by atoms with Crippen LogP contribution < -0.4 is 10.6 Å². The molecule has 12 heteroatoms. The SMILES string of the molecule is C[C@@]1(c2ccccc2C(F)(F)F)NC(=O)N(CC(=O)NCC(F)(F)F)C1=O. The average Bonchev–Trinajstić information content (AvgIpc) is 2.76. The Kier molecular flexibility index (Phi) is 5.12. The van der Waals surface area contributed by atoms with E-state index in [9.17, 15) is 40.7 Å². The Balaban J connectivity index is 2.26. The smallest absolute Gasteiger partial charge is 0.345 e. The van der Waals surface area contributed by atoms with Gasteiger partial charge in [0.1, 0.15) is 18.6 Å². The molecule has 0 aromatic heterocycles. The summed E-state index contributed by atoms with van der Waals surface area (Å²) in [6.07, 6.45) is -9.52. The molecule has 148 valence electrons. The molecule has 1 aromatic carbocycles. The number of amides is 4. The van der Waals surface area contributed by atoms with Crippen LogP contribution >= 0.6 is 0 Å². The number of nitrogens with one attached hydrogen (secondary N) is 2. The van der Waals surface area contributed by atoms with Crippen molar-refractivity contribution in [3.63, 3.8) is 0 Å². The molecule has 0 bridgehead atoms. The summed E-state index contributed by atoms with van der Waals surface area (Å²) in [4.78, 5) is 36.3. The van der Waals surface area contributed by atoms with E-state index in [2.05, 4.69) is 5.32 Å². The molecular formula is C15H13F6N3O3. The van der Waals surface area contributed by atoms with Gasteiger partial charge in [-0.25, -0.2) is 4.79 Å². The maximum absolute atomic E-state index is 13.2. The second kappa shape index (κ2) is 6.74. The Bertz CT molecular complexity index is 777. The van der Waals surface area contributed by atoms with Gasteiger partial charge in [0.2, 0.25) is 5.91 Å². The van der Waals surface area contributed by atoms with Crippen LogP contribution in [-0.4, -0.2) is 42.0 Å². The molecule has 0 unspecified atom stereocenters. The minimum atomic E-state index is -4.82. The maximum Gasteiger partial charge on any atom is 0.416 e. The zero-order chi connectivity index (χ0) is 20.6. The predicted octanol–water partition coefficient (Wildman–Crippen LogP) is 2.15. The molecule has 0 spiro atoms. The van der Waals surface area contributed by atoms with E-state index in [-0.39, 0.29) is 4.90 Å². The molecule has 0 radical (unpaired) electrons.